The van der Waals surface area contributed by atoms with E-state index in [2.05, 4.69) is 23.1 Å². The van der Waals surface area contributed by atoms with Crippen LogP contribution in [0.25, 0.3) is 21.5 Å². The molecule has 196 valence electrons. The number of aromatic carboxylic acids is 1. The standard InChI is InChI=1S/C28H25Cl2N3O4S/c1-14-10-15(8-9-33(14)28-31-25-21(36-2)12-17(27(34)35)13-22(25)38-28)11-18-24(32-37-26(18)16-6-7-16)23-19(29)4-3-5-20(23)30/h3-5,8,12-14,16H,6-7,9-11H2,1-2H3,(H,34,35)/t14-/m1/s1. The van der Waals surface area contributed by atoms with Crippen molar-refractivity contribution in [3.05, 3.63) is 68.9 Å². The topological polar surface area (TPSA) is 88.7 Å². The van der Waals surface area contributed by atoms with E-state index in [0.717, 1.165) is 58.1 Å². The maximum atomic E-state index is 11.5. The number of carboxylic acids is 1. The highest BCUT2D eigenvalue weighted by molar-refractivity contribution is 7.22. The molecule has 3 heterocycles. The Morgan fingerprint density at radius 3 is 2.68 bits per heavy atom. The van der Waals surface area contributed by atoms with E-state index in [1.807, 2.05) is 18.2 Å². The molecule has 6 rings (SSSR count). The summed E-state index contributed by atoms with van der Waals surface area (Å²) in [6, 6.07) is 8.84. The van der Waals surface area contributed by atoms with Gasteiger partial charge in [-0.1, -0.05) is 57.4 Å². The van der Waals surface area contributed by atoms with Gasteiger partial charge in [0.2, 0.25) is 0 Å². The zero-order chi connectivity index (χ0) is 26.6. The summed E-state index contributed by atoms with van der Waals surface area (Å²) < 4.78 is 12.1. The van der Waals surface area contributed by atoms with Gasteiger partial charge < -0.3 is 19.3 Å². The van der Waals surface area contributed by atoms with E-state index in [1.165, 1.54) is 30.1 Å². The Hall–Kier alpha value is -3.07. The van der Waals surface area contributed by atoms with Gasteiger partial charge in [0, 0.05) is 29.6 Å². The number of anilines is 1. The Bertz CT molecular complexity index is 1570. The second-order valence-corrected chi connectivity index (χ2v) is 11.6. The molecule has 10 heteroatoms. The fourth-order valence-electron chi connectivity index (χ4n) is 5.09. The van der Waals surface area contributed by atoms with Crippen molar-refractivity contribution in [2.75, 3.05) is 18.6 Å². The number of rotatable bonds is 7. The molecule has 7 nitrogen and oxygen atoms in total. The molecule has 2 aromatic heterocycles. The lowest BCUT2D eigenvalue weighted by atomic mass is 9.92. The first-order valence-electron chi connectivity index (χ1n) is 12.4. The predicted octanol–water partition coefficient (Wildman–Crippen LogP) is 7.61. The van der Waals surface area contributed by atoms with Crippen LogP contribution < -0.4 is 9.64 Å². The van der Waals surface area contributed by atoms with Gasteiger partial charge in [0.15, 0.2) is 5.13 Å². The lowest BCUT2D eigenvalue weighted by Gasteiger charge is -2.33. The minimum absolute atomic E-state index is 0.188. The normalized spacial score (nSPS) is 17.6. The van der Waals surface area contributed by atoms with Gasteiger partial charge in [-0.2, -0.15) is 0 Å². The van der Waals surface area contributed by atoms with Crippen LogP contribution in [0.4, 0.5) is 5.13 Å². The Morgan fingerprint density at radius 2 is 2.03 bits per heavy atom. The van der Waals surface area contributed by atoms with Crippen molar-refractivity contribution >= 4 is 55.9 Å². The lowest BCUT2D eigenvalue weighted by Crippen LogP contribution is -2.36. The monoisotopic (exact) mass is 569 g/mol. The summed E-state index contributed by atoms with van der Waals surface area (Å²) in [6.07, 6.45) is 6.02. The number of methoxy groups -OCH3 is 1. The van der Waals surface area contributed by atoms with Crippen molar-refractivity contribution in [2.45, 2.75) is 44.6 Å². The van der Waals surface area contributed by atoms with Crippen molar-refractivity contribution < 1.29 is 19.2 Å². The maximum absolute atomic E-state index is 11.5. The summed E-state index contributed by atoms with van der Waals surface area (Å²) in [5.41, 5.74) is 4.69. The van der Waals surface area contributed by atoms with E-state index >= 15 is 0 Å². The predicted molar refractivity (Wildman–Crippen MR) is 150 cm³/mol. The molecule has 38 heavy (non-hydrogen) atoms. The van der Waals surface area contributed by atoms with Crippen LogP contribution in [0.3, 0.4) is 0 Å². The number of carbonyl (C=O) groups is 1. The highest BCUT2D eigenvalue weighted by Gasteiger charge is 2.34. The van der Waals surface area contributed by atoms with Crippen LogP contribution in [0, 0.1) is 0 Å². The third kappa shape index (κ3) is 4.55. The van der Waals surface area contributed by atoms with Gasteiger partial charge in [-0.25, -0.2) is 9.78 Å². The average molecular weight is 570 g/mol. The fraction of sp³-hybridized carbons (Fsp3) is 0.321. The minimum atomic E-state index is -0.990. The van der Waals surface area contributed by atoms with Gasteiger partial charge in [0.25, 0.3) is 0 Å². The van der Waals surface area contributed by atoms with Crippen LogP contribution in [0.1, 0.15) is 53.8 Å². The van der Waals surface area contributed by atoms with E-state index in [0.29, 0.717) is 33.8 Å². The van der Waals surface area contributed by atoms with Crippen molar-refractivity contribution in [1.29, 1.82) is 0 Å². The van der Waals surface area contributed by atoms with Crippen molar-refractivity contribution in [2.24, 2.45) is 0 Å². The third-order valence-electron chi connectivity index (χ3n) is 7.20. The SMILES string of the molecule is COc1cc(C(=O)O)cc2sc(N3CC=C(Cc4c(-c5c(Cl)cccc5Cl)noc4C4CC4)C[C@H]3C)nc12. The molecule has 1 aliphatic heterocycles. The lowest BCUT2D eigenvalue weighted by molar-refractivity contribution is 0.0696. The molecule has 1 aliphatic carbocycles. The minimum Gasteiger partial charge on any atom is -0.494 e. The van der Waals surface area contributed by atoms with Crippen molar-refractivity contribution in [1.82, 2.24) is 10.1 Å². The molecule has 0 bridgehead atoms. The number of nitrogens with zero attached hydrogens (tertiary/aromatic N) is 3. The Labute approximate surface area is 233 Å². The average Bonchev–Trinajstić information content (AvgIpc) is 3.51. The van der Waals surface area contributed by atoms with Gasteiger partial charge in [-0.15, -0.1) is 0 Å². The van der Waals surface area contributed by atoms with Crippen LogP contribution in [-0.4, -0.2) is 40.9 Å². The molecule has 1 N–H and O–H groups in total. The molecule has 1 atom stereocenters. The summed E-state index contributed by atoms with van der Waals surface area (Å²) in [5, 5.41) is 15.9. The molecule has 2 aromatic carbocycles. The largest absolute Gasteiger partial charge is 0.494 e. The molecular weight excluding hydrogens is 545 g/mol. The van der Waals surface area contributed by atoms with Crippen LogP contribution in [0.5, 0.6) is 5.75 Å². The van der Waals surface area contributed by atoms with Gasteiger partial charge in [-0.3, -0.25) is 0 Å². The quantitative estimate of drug-likeness (QED) is 0.229. The molecule has 4 aromatic rings. The van der Waals surface area contributed by atoms with Crippen molar-refractivity contribution in [3.63, 3.8) is 0 Å². The highest BCUT2D eigenvalue weighted by Crippen LogP contribution is 2.47. The first-order chi connectivity index (χ1) is 18.3. The summed E-state index contributed by atoms with van der Waals surface area (Å²) >= 11 is 14.6. The summed E-state index contributed by atoms with van der Waals surface area (Å²) in [7, 11) is 1.53. The molecule has 0 saturated heterocycles. The molecule has 0 radical (unpaired) electrons. The highest BCUT2D eigenvalue weighted by atomic mass is 35.5. The molecule has 2 aliphatic rings. The first-order valence-corrected chi connectivity index (χ1v) is 14.0. The van der Waals surface area contributed by atoms with Gasteiger partial charge in [0.1, 0.15) is 22.7 Å². The zero-order valence-electron chi connectivity index (χ0n) is 20.8. The van der Waals surface area contributed by atoms with Crippen LogP contribution >= 0.6 is 34.5 Å². The molecule has 1 saturated carbocycles. The molecule has 0 spiro atoms. The second-order valence-electron chi connectivity index (χ2n) is 9.82. The van der Waals surface area contributed by atoms with Gasteiger partial charge in [0.05, 0.1) is 27.4 Å². The molecular formula is C28H25Cl2N3O4S. The molecule has 0 amide bonds. The summed E-state index contributed by atoms with van der Waals surface area (Å²) in [6.45, 7) is 2.87. The van der Waals surface area contributed by atoms with Crippen LogP contribution in [0.15, 0.2) is 46.5 Å². The summed E-state index contributed by atoms with van der Waals surface area (Å²) in [5.74, 6) is 0.823. The Kier molecular flexibility index (Phi) is 6.58. The number of thiazole rings is 1. The first kappa shape index (κ1) is 25.2. The van der Waals surface area contributed by atoms with E-state index in [9.17, 15) is 9.90 Å². The molecule has 1 fully saturated rings. The van der Waals surface area contributed by atoms with Gasteiger partial charge in [-0.05, 0) is 56.9 Å². The number of hydrogen-bond donors (Lipinski definition) is 1. The second kappa shape index (κ2) is 9.91. The molecule has 0 unspecified atom stereocenters. The number of carboxylic acid groups (broad SMARTS) is 1. The van der Waals surface area contributed by atoms with E-state index in [4.69, 9.17) is 37.4 Å². The number of aromatic nitrogens is 2. The zero-order valence-corrected chi connectivity index (χ0v) is 23.2. The van der Waals surface area contributed by atoms with E-state index in [1.54, 1.807) is 6.07 Å². The number of benzene rings is 2. The Morgan fingerprint density at radius 1 is 1.26 bits per heavy atom. The van der Waals surface area contributed by atoms with Crippen LogP contribution in [-0.2, 0) is 6.42 Å². The number of hydrogen-bond acceptors (Lipinski definition) is 7. The number of fused-ring (bicyclic) bond motifs is 1. The number of ether oxygens (including phenoxy) is 1. The van der Waals surface area contributed by atoms with Gasteiger partial charge >= 0.3 is 5.97 Å². The Balaban J connectivity index is 1.30. The van der Waals surface area contributed by atoms with Crippen molar-refractivity contribution in [3.8, 4) is 17.0 Å². The smallest absolute Gasteiger partial charge is 0.335 e. The third-order valence-corrected chi connectivity index (χ3v) is 8.87. The number of halogens is 2. The van der Waals surface area contributed by atoms with E-state index < -0.39 is 5.97 Å². The van der Waals surface area contributed by atoms with Crippen LogP contribution in [0.2, 0.25) is 10.0 Å². The maximum Gasteiger partial charge on any atom is 0.335 e. The van der Waals surface area contributed by atoms with E-state index in [-0.39, 0.29) is 11.6 Å². The summed E-state index contributed by atoms with van der Waals surface area (Å²) in [4.78, 5) is 18.6. The fourth-order valence-corrected chi connectivity index (χ4v) is 6.80.